The molecule has 0 aliphatic carbocycles. The number of nitro benzene ring substituents is 1. The van der Waals surface area contributed by atoms with Gasteiger partial charge in [0.25, 0.3) is 5.69 Å². The van der Waals surface area contributed by atoms with Crippen molar-refractivity contribution in [2.45, 2.75) is 6.92 Å². The number of amides is 2. The molecule has 0 fully saturated rings. The van der Waals surface area contributed by atoms with Crippen LogP contribution >= 0.6 is 11.8 Å². The fourth-order valence-electron chi connectivity index (χ4n) is 2.11. The number of hydrogen-bond donors (Lipinski definition) is 2. The fraction of sp³-hybridized carbons (Fsp3) is 0.176. The van der Waals surface area contributed by atoms with Crippen molar-refractivity contribution < 1.29 is 18.9 Å². The molecule has 2 amide bonds. The van der Waals surface area contributed by atoms with E-state index in [1.165, 1.54) is 36.4 Å². The summed E-state index contributed by atoms with van der Waals surface area (Å²) in [5, 5.41) is 16.1. The van der Waals surface area contributed by atoms with Gasteiger partial charge in [-0.15, -0.1) is 11.8 Å². The number of carbonyl (C=O) groups is 2. The van der Waals surface area contributed by atoms with Crippen LogP contribution in [0.3, 0.4) is 0 Å². The molecule has 2 aromatic rings. The molecule has 0 heterocycles. The average Bonchev–Trinajstić information content (AvgIpc) is 2.58. The van der Waals surface area contributed by atoms with Gasteiger partial charge in [-0.05, 0) is 37.3 Å². The zero-order chi connectivity index (χ0) is 19.1. The number of carbonyl (C=O) groups excluding carboxylic acids is 2. The quantitative estimate of drug-likeness (QED) is 0.569. The van der Waals surface area contributed by atoms with E-state index in [0.717, 1.165) is 11.8 Å². The van der Waals surface area contributed by atoms with Crippen LogP contribution in [0.1, 0.15) is 5.56 Å². The van der Waals surface area contributed by atoms with Crippen molar-refractivity contribution in [3.63, 3.8) is 0 Å². The van der Waals surface area contributed by atoms with Gasteiger partial charge in [0.05, 0.1) is 27.7 Å². The van der Waals surface area contributed by atoms with E-state index in [9.17, 15) is 24.1 Å². The van der Waals surface area contributed by atoms with E-state index in [2.05, 4.69) is 10.6 Å². The van der Waals surface area contributed by atoms with Crippen molar-refractivity contribution in [1.29, 1.82) is 0 Å². The van der Waals surface area contributed by atoms with Crippen molar-refractivity contribution in [3.8, 4) is 0 Å². The van der Waals surface area contributed by atoms with Gasteiger partial charge >= 0.3 is 0 Å². The highest BCUT2D eigenvalue weighted by molar-refractivity contribution is 8.00. The second kappa shape index (κ2) is 8.95. The number of nitrogens with one attached hydrogen (secondary N) is 2. The number of rotatable bonds is 7. The first kappa shape index (κ1) is 19.4. The molecule has 0 spiro atoms. The molecule has 9 heteroatoms. The van der Waals surface area contributed by atoms with E-state index in [4.69, 9.17) is 0 Å². The molecule has 0 unspecified atom stereocenters. The molecule has 0 aliphatic heterocycles. The lowest BCUT2D eigenvalue weighted by Gasteiger charge is -2.08. The molecule has 2 N–H and O–H groups in total. The van der Waals surface area contributed by atoms with Crippen LogP contribution in [-0.4, -0.2) is 28.2 Å². The van der Waals surface area contributed by atoms with Gasteiger partial charge in [-0.3, -0.25) is 19.7 Å². The van der Waals surface area contributed by atoms with Gasteiger partial charge in [0.15, 0.2) is 0 Å². The van der Waals surface area contributed by atoms with Gasteiger partial charge < -0.3 is 10.6 Å². The minimum atomic E-state index is -0.514. The fourth-order valence-corrected chi connectivity index (χ4v) is 2.73. The largest absolute Gasteiger partial charge is 0.325 e. The first-order chi connectivity index (χ1) is 12.4. The van der Waals surface area contributed by atoms with Crippen molar-refractivity contribution >= 4 is 40.6 Å². The van der Waals surface area contributed by atoms with Crippen molar-refractivity contribution in [1.82, 2.24) is 0 Å². The molecule has 0 aliphatic rings. The highest BCUT2D eigenvalue weighted by atomic mass is 32.2. The van der Waals surface area contributed by atoms with Gasteiger partial charge in [-0.1, -0.05) is 6.07 Å². The van der Waals surface area contributed by atoms with Gasteiger partial charge in [0.1, 0.15) is 5.82 Å². The summed E-state index contributed by atoms with van der Waals surface area (Å²) in [4.78, 5) is 34.1. The first-order valence-electron chi connectivity index (χ1n) is 7.54. The monoisotopic (exact) mass is 377 g/mol. The summed E-state index contributed by atoms with van der Waals surface area (Å²) in [6.45, 7) is 1.55. The van der Waals surface area contributed by atoms with Gasteiger partial charge in [0.2, 0.25) is 11.8 Å². The Labute approximate surface area is 153 Å². The molecule has 0 radical (unpaired) electrons. The van der Waals surface area contributed by atoms with Crippen molar-refractivity contribution in [2.24, 2.45) is 0 Å². The van der Waals surface area contributed by atoms with Crippen LogP contribution < -0.4 is 10.6 Å². The maximum absolute atomic E-state index is 12.8. The molecule has 7 nitrogen and oxygen atoms in total. The summed E-state index contributed by atoms with van der Waals surface area (Å²) < 4.78 is 12.8. The summed E-state index contributed by atoms with van der Waals surface area (Å²) in [5.74, 6) is -1.03. The number of thioether (sulfide) groups is 1. The Morgan fingerprint density at radius 1 is 1.08 bits per heavy atom. The lowest BCUT2D eigenvalue weighted by Crippen LogP contribution is -2.19. The lowest BCUT2D eigenvalue weighted by molar-refractivity contribution is -0.385. The van der Waals surface area contributed by atoms with Gasteiger partial charge in [-0.2, -0.15) is 0 Å². The SMILES string of the molecule is Cc1c(NC(=O)CSCC(=O)Nc2ccc(F)cc2)cccc1[N+](=O)[O-]. The number of anilines is 2. The van der Waals surface area contributed by atoms with Crippen LogP contribution in [-0.2, 0) is 9.59 Å². The van der Waals surface area contributed by atoms with E-state index in [1.807, 2.05) is 0 Å². The first-order valence-corrected chi connectivity index (χ1v) is 8.69. The van der Waals surface area contributed by atoms with Crippen molar-refractivity contribution in [2.75, 3.05) is 22.1 Å². The number of halogens is 1. The summed E-state index contributed by atoms with van der Waals surface area (Å²) >= 11 is 1.10. The molecule has 0 atom stereocenters. The second-order valence-corrected chi connectivity index (χ2v) is 6.29. The topological polar surface area (TPSA) is 101 Å². The van der Waals surface area contributed by atoms with E-state index >= 15 is 0 Å². The Bertz CT molecular complexity index is 827. The Morgan fingerprint density at radius 3 is 2.31 bits per heavy atom. The molecule has 0 aromatic heterocycles. The summed E-state index contributed by atoms with van der Waals surface area (Å²) in [5.41, 5.74) is 1.12. The average molecular weight is 377 g/mol. The van der Waals surface area contributed by atoms with Crippen LogP contribution in [0.15, 0.2) is 42.5 Å². The highest BCUT2D eigenvalue weighted by Gasteiger charge is 2.15. The Morgan fingerprint density at radius 2 is 1.69 bits per heavy atom. The second-order valence-electron chi connectivity index (χ2n) is 5.30. The number of nitro groups is 1. The summed E-state index contributed by atoms with van der Waals surface area (Å²) in [7, 11) is 0. The predicted molar refractivity (Wildman–Crippen MR) is 98.8 cm³/mol. The Balaban J connectivity index is 1.80. The minimum Gasteiger partial charge on any atom is -0.325 e. The minimum absolute atomic E-state index is 0.0129. The molecule has 26 heavy (non-hydrogen) atoms. The standard InChI is InChI=1S/C17H16FN3O4S/c1-11-14(3-2-4-15(11)21(24)25)20-17(23)10-26-9-16(22)19-13-7-5-12(18)6-8-13/h2-8H,9-10H2,1H3,(H,19,22)(H,20,23). The normalized spacial score (nSPS) is 10.2. The maximum atomic E-state index is 12.8. The summed E-state index contributed by atoms with van der Waals surface area (Å²) in [6, 6.07) is 9.77. The predicted octanol–water partition coefficient (Wildman–Crippen LogP) is 3.35. The Kier molecular flexibility index (Phi) is 6.67. The van der Waals surface area contributed by atoms with Gasteiger partial charge in [-0.25, -0.2) is 4.39 Å². The molecule has 0 bridgehead atoms. The third kappa shape index (κ3) is 5.55. The van der Waals surface area contributed by atoms with Crippen LogP contribution in [0.2, 0.25) is 0 Å². The van der Waals surface area contributed by atoms with Crippen LogP contribution in [0.4, 0.5) is 21.5 Å². The smallest absolute Gasteiger partial charge is 0.274 e. The van der Waals surface area contributed by atoms with Gasteiger partial charge in [0, 0.05) is 11.8 Å². The highest BCUT2D eigenvalue weighted by Crippen LogP contribution is 2.25. The third-order valence-electron chi connectivity index (χ3n) is 3.37. The molecule has 136 valence electrons. The molecular weight excluding hydrogens is 361 g/mol. The number of nitrogens with zero attached hydrogens (tertiary/aromatic N) is 1. The Hall–Kier alpha value is -2.94. The van der Waals surface area contributed by atoms with Crippen LogP contribution in [0.25, 0.3) is 0 Å². The molecule has 0 saturated heterocycles. The van der Waals surface area contributed by atoms with E-state index < -0.39 is 10.7 Å². The van der Waals surface area contributed by atoms with Crippen molar-refractivity contribution in [3.05, 3.63) is 64.0 Å². The zero-order valence-corrected chi connectivity index (χ0v) is 14.6. The third-order valence-corrected chi connectivity index (χ3v) is 4.30. The lowest BCUT2D eigenvalue weighted by atomic mass is 10.1. The van der Waals surface area contributed by atoms with E-state index in [-0.39, 0.29) is 29.0 Å². The van der Waals surface area contributed by atoms with Crippen LogP contribution in [0, 0.1) is 22.9 Å². The number of benzene rings is 2. The van der Waals surface area contributed by atoms with E-state index in [1.54, 1.807) is 13.0 Å². The zero-order valence-electron chi connectivity index (χ0n) is 13.8. The molecular formula is C17H16FN3O4S. The maximum Gasteiger partial charge on any atom is 0.274 e. The van der Waals surface area contributed by atoms with Crippen LogP contribution in [0.5, 0.6) is 0 Å². The summed E-state index contributed by atoms with van der Waals surface area (Å²) in [6.07, 6.45) is 0. The molecule has 2 aromatic carbocycles. The molecule has 0 saturated carbocycles. The van der Waals surface area contributed by atoms with E-state index in [0.29, 0.717) is 16.9 Å². The number of hydrogen-bond acceptors (Lipinski definition) is 5. The molecule has 2 rings (SSSR count).